The van der Waals surface area contributed by atoms with Crippen molar-refractivity contribution in [2.24, 2.45) is 0 Å². The third-order valence-electron chi connectivity index (χ3n) is 4.97. The van der Waals surface area contributed by atoms with E-state index >= 15 is 0 Å². The number of hydrogen-bond donors (Lipinski definition) is 0. The average Bonchev–Trinajstić information content (AvgIpc) is 3.51. The van der Waals surface area contributed by atoms with E-state index in [0.717, 1.165) is 11.1 Å². The van der Waals surface area contributed by atoms with Crippen LogP contribution in [0.3, 0.4) is 0 Å². The SMILES string of the molecule is CC(=O)c1ccc(-c2ccc(/C=c3\sc4nc(/C=C/c5ccc(F)cc5)nn4c3=O)o2)cc1. The minimum Gasteiger partial charge on any atom is -0.457 e. The van der Waals surface area contributed by atoms with Crippen LogP contribution in [0.1, 0.15) is 34.4 Å². The maximum atomic E-state index is 13.0. The number of rotatable bonds is 5. The molecule has 3 aromatic heterocycles. The molecule has 0 N–H and O–H groups in total. The van der Waals surface area contributed by atoms with Crippen LogP contribution in [0.4, 0.5) is 4.39 Å². The van der Waals surface area contributed by atoms with Gasteiger partial charge in [0.05, 0.1) is 0 Å². The Hall–Kier alpha value is -4.17. The number of carbonyl (C=O) groups excluding carboxylic acids is 1. The Morgan fingerprint density at radius 2 is 1.79 bits per heavy atom. The number of hydrogen-bond acceptors (Lipinski definition) is 6. The molecular formula is C25H16FN3O3S. The van der Waals surface area contributed by atoms with E-state index in [4.69, 9.17) is 4.42 Å². The fourth-order valence-corrected chi connectivity index (χ4v) is 4.14. The molecule has 8 heteroatoms. The van der Waals surface area contributed by atoms with Gasteiger partial charge < -0.3 is 4.42 Å². The number of carbonyl (C=O) groups is 1. The molecule has 3 heterocycles. The molecule has 0 unspecified atom stereocenters. The molecular weight excluding hydrogens is 441 g/mol. The van der Waals surface area contributed by atoms with Crippen LogP contribution in [0.15, 0.2) is 69.9 Å². The monoisotopic (exact) mass is 457 g/mol. The second-order valence-corrected chi connectivity index (χ2v) is 8.31. The fourth-order valence-electron chi connectivity index (χ4n) is 3.25. The van der Waals surface area contributed by atoms with Gasteiger partial charge in [-0.2, -0.15) is 9.50 Å². The Labute approximate surface area is 190 Å². The number of fused-ring (bicyclic) bond motifs is 1. The van der Waals surface area contributed by atoms with Crippen LogP contribution < -0.4 is 10.1 Å². The zero-order valence-corrected chi connectivity index (χ0v) is 18.2. The van der Waals surface area contributed by atoms with Gasteiger partial charge in [0.1, 0.15) is 21.9 Å². The number of halogens is 1. The number of Topliss-reactive ketones (excluding diaryl/α,β-unsaturated/α-hetero) is 1. The minimum absolute atomic E-state index is 0.00316. The standard InChI is InChI=1S/C25H16FN3O3S/c1-15(30)17-5-7-18(8-6-17)21-12-11-20(32-21)14-22-24(31)29-25(33-22)27-23(28-29)13-4-16-2-9-19(26)10-3-16/h2-14H,1H3/b13-4+,22-14-. The molecule has 0 saturated heterocycles. The Kier molecular flexibility index (Phi) is 5.27. The van der Waals surface area contributed by atoms with Gasteiger partial charge in [-0.05, 0) is 42.8 Å². The van der Waals surface area contributed by atoms with Gasteiger partial charge in [-0.15, -0.1) is 5.10 Å². The summed E-state index contributed by atoms with van der Waals surface area (Å²) in [6.07, 6.45) is 5.08. The lowest BCUT2D eigenvalue weighted by Crippen LogP contribution is -2.23. The highest BCUT2D eigenvalue weighted by Gasteiger charge is 2.10. The first kappa shape index (κ1) is 20.7. The Morgan fingerprint density at radius 1 is 1.03 bits per heavy atom. The van der Waals surface area contributed by atoms with Crippen molar-refractivity contribution in [3.05, 3.63) is 104 Å². The van der Waals surface area contributed by atoms with E-state index in [-0.39, 0.29) is 17.2 Å². The summed E-state index contributed by atoms with van der Waals surface area (Å²) < 4.78 is 20.6. The predicted molar refractivity (Wildman–Crippen MR) is 125 cm³/mol. The first-order chi connectivity index (χ1) is 16.0. The number of nitrogens with zero attached hydrogens (tertiary/aromatic N) is 3. The number of aromatic nitrogens is 3. The first-order valence-corrected chi connectivity index (χ1v) is 10.8. The molecule has 0 fully saturated rings. The molecule has 2 aromatic carbocycles. The number of thiazole rings is 1. The molecule has 0 spiro atoms. The summed E-state index contributed by atoms with van der Waals surface area (Å²) in [6.45, 7) is 1.52. The lowest BCUT2D eigenvalue weighted by Gasteiger charge is -1.98. The summed E-state index contributed by atoms with van der Waals surface area (Å²) in [5, 5.41) is 4.25. The molecule has 0 bridgehead atoms. The molecule has 0 amide bonds. The third-order valence-corrected chi connectivity index (χ3v) is 5.93. The van der Waals surface area contributed by atoms with Crippen LogP contribution in [-0.2, 0) is 0 Å². The van der Waals surface area contributed by atoms with Crippen molar-refractivity contribution >= 4 is 40.3 Å². The van der Waals surface area contributed by atoms with Crippen LogP contribution in [0.25, 0.3) is 34.5 Å². The van der Waals surface area contributed by atoms with Crippen LogP contribution in [0, 0.1) is 5.82 Å². The van der Waals surface area contributed by atoms with Crippen LogP contribution in [-0.4, -0.2) is 20.4 Å². The average molecular weight is 457 g/mol. The number of furan rings is 1. The normalized spacial score (nSPS) is 12.2. The van der Waals surface area contributed by atoms with Gasteiger partial charge in [0.25, 0.3) is 5.56 Å². The summed E-state index contributed by atoms with van der Waals surface area (Å²) in [5.74, 6) is 1.25. The third kappa shape index (κ3) is 4.28. The van der Waals surface area contributed by atoms with Gasteiger partial charge in [-0.1, -0.05) is 53.8 Å². The summed E-state index contributed by atoms with van der Waals surface area (Å²) in [6, 6.07) is 16.8. The maximum absolute atomic E-state index is 13.0. The van der Waals surface area contributed by atoms with Gasteiger partial charge in [0, 0.05) is 17.2 Å². The van der Waals surface area contributed by atoms with Crippen LogP contribution >= 0.6 is 11.3 Å². The van der Waals surface area contributed by atoms with Crippen LogP contribution in [0.5, 0.6) is 0 Å². The van der Waals surface area contributed by atoms with Gasteiger partial charge >= 0.3 is 0 Å². The quantitative estimate of drug-likeness (QED) is 0.364. The molecule has 0 saturated carbocycles. The summed E-state index contributed by atoms with van der Waals surface area (Å²) >= 11 is 1.21. The second kappa shape index (κ2) is 8.40. The van der Waals surface area contributed by atoms with Crippen molar-refractivity contribution in [2.45, 2.75) is 6.92 Å². The minimum atomic E-state index is -0.304. The molecule has 0 atom stereocenters. The topological polar surface area (TPSA) is 77.5 Å². The first-order valence-electron chi connectivity index (χ1n) is 10.0. The van der Waals surface area contributed by atoms with E-state index in [1.165, 1.54) is 34.9 Å². The largest absolute Gasteiger partial charge is 0.457 e. The van der Waals surface area contributed by atoms with Crippen molar-refractivity contribution in [3.8, 4) is 11.3 Å². The van der Waals surface area contributed by atoms with Gasteiger partial charge in [0.2, 0.25) is 4.96 Å². The number of benzene rings is 2. The van der Waals surface area contributed by atoms with E-state index < -0.39 is 0 Å². The smallest absolute Gasteiger partial charge is 0.291 e. The highest BCUT2D eigenvalue weighted by Crippen LogP contribution is 2.23. The second-order valence-electron chi connectivity index (χ2n) is 7.30. The van der Waals surface area contributed by atoms with E-state index in [1.807, 2.05) is 18.2 Å². The van der Waals surface area contributed by atoms with Crippen molar-refractivity contribution in [2.75, 3.05) is 0 Å². The Balaban J connectivity index is 1.40. The lowest BCUT2D eigenvalue weighted by molar-refractivity contribution is 0.101. The molecule has 5 aromatic rings. The van der Waals surface area contributed by atoms with Crippen molar-refractivity contribution in [1.29, 1.82) is 0 Å². The molecule has 0 aliphatic carbocycles. The molecule has 162 valence electrons. The molecule has 0 radical (unpaired) electrons. The zero-order chi connectivity index (χ0) is 22.9. The Bertz CT molecular complexity index is 1610. The van der Waals surface area contributed by atoms with E-state index in [0.29, 0.717) is 32.4 Å². The predicted octanol–water partition coefficient (Wildman–Crippen LogP) is 4.47. The fraction of sp³-hybridized carbons (Fsp3) is 0.0400. The van der Waals surface area contributed by atoms with Gasteiger partial charge in [0.15, 0.2) is 11.6 Å². The highest BCUT2D eigenvalue weighted by molar-refractivity contribution is 7.15. The highest BCUT2D eigenvalue weighted by atomic mass is 32.1. The summed E-state index contributed by atoms with van der Waals surface area (Å²) in [5.41, 5.74) is 1.99. The van der Waals surface area contributed by atoms with Crippen molar-refractivity contribution in [1.82, 2.24) is 14.6 Å². The van der Waals surface area contributed by atoms with Gasteiger partial charge in [-0.25, -0.2) is 4.39 Å². The molecule has 0 aliphatic heterocycles. The van der Waals surface area contributed by atoms with Crippen LogP contribution in [0.2, 0.25) is 0 Å². The van der Waals surface area contributed by atoms with E-state index in [1.54, 1.807) is 48.6 Å². The Morgan fingerprint density at radius 3 is 2.48 bits per heavy atom. The molecule has 33 heavy (non-hydrogen) atoms. The van der Waals surface area contributed by atoms with Crippen molar-refractivity contribution in [3.63, 3.8) is 0 Å². The summed E-state index contributed by atoms with van der Waals surface area (Å²) in [7, 11) is 0. The maximum Gasteiger partial charge on any atom is 0.291 e. The van der Waals surface area contributed by atoms with Gasteiger partial charge in [-0.3, -0.25) is 9.59 Å². The number of ketones is 1. The van der Waals surface area contributed by atoms with Crippen molar-refractivity contribution < 1.29 is 13.6 Å². The molecule has 5 rings (SSSR count). The molecule has 6 nitrogen and oxygen atoms in total. The van der Waals surface area contributed by atoms with E-state index in [9.17, 15) is 14.0 Å². The van der Waals surface area contributed by atoms with E-state index in [2.05, 4.69) is 10.1 Å². The zero-order valence-electron chi connectivity index (χ0n) is 17.4. The molecule has 0 aliphatic rings. The lowest BCUT2D eigenvalue weighted by atomic mass is 10.1. The summed E-state index contributed by atoms with van der Waals surface area (Å²) in [4.78, 5) is 29.0.